The maximum atomic E-state index is 12.9. The van der Waals surface area contributed by atoms with Crippen LogP contribution in [-0.4, -0.2) is 39.5 Å². The van der Waals surface area contributed by atoms with Gasteiger partial charge in [-0.15, -0.1) is 21.5 Å². The van der Waals surface area contributed by atoms with E-state index in [2.05, 4.69) is 33.9 Å². The number of fused-ring (bicyclic) bond motifs is 3. The van der Waals surface area contributed by atoms with E-state index in [1.54, 1.807) is 11.3 Å². The van der Waals surface area contributed by atoms with Gasteiger partial charge in [-0.3, -0.25) is 14.4 Å². The van der Waals surface area contributed by atoms with Crippen molar-refractivity contribution in [2.75, 3.05) is 13.1 Å². The molecule has 2 aromatic heterocycles. The van der Waals surface area contributed by atoms with Crippen LogP contribution in [0.3, 0.4) is 0 Å². The van der Waals surface area contributed by atoms with Crippen LogP contribution in [0.1, 0.15) is 71.4 Å². The van der Waals surface area contributed by atoms with Crippen LogP contribution in [0.15, 0.2) is 29.3 Å². The molecule has 1 atom stereocenters. The van der Waals surface area contributed by atoms with Gasteiger partial charge < -0.3 is 11.1 Å². The molecule has 1 aromatic carbocycles. The molecule has 0 radical (unpaired) electrons. The normalized spacial score (nSPS) is 14.9. The number of carbonyl (C=O) groups is 1. The fraction of sp³-hybridized carbons (Fsp3) is 0.440. The molecule has 3 heterocycles. The van der Waals surface area contributed by atoms with Gasteiger partial charge in [0, 0.05) is 27.6 Å². The van der Waals surface area contributed by atoms with Gasteiger partial charge >= 0.3 is 0 Å². The third-order valence-electron chi connectivity index (χ3n) is 6.19. The molecule has 0 saturated heterocycles. The van der Waals surface area contributed by atoms with Gasteiger partial charge in [0.1, 0.15) is 16.9 Å². The van der Waals surface area contributed by atoms with E-state index in [4.69, 9.17) is 22.3 Å². The molecule has 34 heavy (non-hydrogen) atoms. The summed E-state index contributed by atoms with van der Waals surface area (Å²) in [6.07, 6.45) is 4.33. The van der Waals surface area contributed by atoms with Crippen LogP contribution in [0.5, 0.6) is 0 Å². The second kappa shape index (κ2) is 10.8. The number of rotatable bonds is 9. The van der Waals surface area contributed by atoms with Gasteiger partial charge in [-0.1, -0.05) is 36.6 Å². The van der Waals surface area contributed by atoms with E-state index >= 15 is 0 Å². The van der Waals surface area contributed by atoms with E-state index in [1.807, 2.05) is 31.2 Å². The van der Waals surface area contributed by atoms with Crippen LogP contribution in [0.2, 0.25) is 5.02 Å². The quantitative estimate of drug-likeness (QED) is 0.413. The number of carbonyl (C=O) groups excluding carboxylic acids is 1. The first-order valence-corrected chi connectivity index (χ1v) is 12.9. The number of thiophene rings is 1. The first-order chi connectivity index (χ1) is 16.4. The number of benzene rings is 1. The van der Waals surface area contributed by atoms with E-state index in [0.29, 0.717) is 23.9 Å². The Morgan fingerprint density at radius 1 is 1.12 bits per heavy atom. The van der Waals surface area contributed by atoms with Crippen LogP contribution < -0.4 is 11.1 Å². The third kappa shape index (κ3) is 5.09. The highest BCUT2D eigenvalue weighted by atomic mass is 35.5. The molecule has 0 aliphatic carbocycles. The van der Waals surface area contributed by atoms with Crippen LogP contribution in [0.4, 0.5) is 0 Å². The molecule has 3 N–H and O–H groups in total. The number of unbranched alkanes of at least 4 members (excludes halogenated alkanes) is 3. The number of nitrogens with two attached hydrogens (primary N) is 1. The number of aryl methyl sites for hydroxylation is 2. The number of aliphatic imine (C=N–C) groups is 1. The summed E-state index contributed by atoms with van der Waals surface area (Å²) >= 11 is 7.87. The van der Waals surface area contributed by atoms with Crippen LogP contribution >= 0.6 is 22.9 Å². The zero-order valence-corrected chi connectivity index (χ0v) is 21.5. The number of aromatic nitrogens is 3. The lowest BCUT2D eigenvalue weighted by atomic mass is 9.99. The summed E-state index contributed by atoms with van der Waals surface area (Å²) in [6.45, 7) is 7.54. The van der Waals surface area contributed by atoms with Crippen molar-refractivity contribution in [2.45, 2.75) is 58.9 Å². The predicted octanol–water partition coefficient (Wildman–Crippen LogP) is 4.82. The van der Waals surface area contributed by atoms with E-state index in [1.165, 1.54) is 10.4 Å². The topological polar surface area (TPSA) is 98.2 Å². The van der Waals surface area contributed by atoms with Crippen molar-refractivity contribution in [3.05, 3.63) is 62.5 Å². The second-order valence-corrected chi connectivity index (χ2v) is 10.3. The molecule has 1 aliphatic rings. The Balaban J connectivity index is 1.67. The molecule has 0 fully saturated rings. The number of amides is 1. The summed E-state index contributed by atoms with van der Waals surface area (Å²) in [6, 6.07) is 7.26. The van der Waals surface area contributed by atoms with Crippen molar-refractivity contribution < 1.29 is 4.79 Å². The molecule has 7 nitrogen and oxygen atoms in total. The van der Waals surface area contributed by atoms with E-state index in [0.717, 1.165) is 53.3 Å². The highest BCUT2D eigenvalue weighted by Gasteiger charge is 2.32. The van der Waals surface area contributed by atoms with Gasteiger partial charge in [0.15, 0.2) is 5.82 Å². The number of nitrogens with zero attached hydrogens (tertiary/aromatic N) is 4. The molecule has 1 amide bonds. The van der Waals surface area contributed by atoms with Crippen molar-refractivity contribution in [1.29, 1.82) is 0 Å². The Morgan fingerprint density at radius 3 is 2.59 bits per heavy atom. The second-order valence-electron chi connectivity index (χ2n) is 8.66. The van der Waals surface area contributed by atoms with Crippen LogP contribution in [0.25, 0.3) is 5.00 Å². The summed E-state index contributed by atoms with van der Waals surface area (Å²) < 4.78 is 2.07. The molecule has 9 heteroatoms. The van der Waals surface area contributed by atoms with Crippen molar-refractivity contribution >= 4 is 34.6 Å². The number of hydrogen-bond donors (Lipinski definition) is 2. The highest BCUT2D eigenvalue weighted by Crippen LogP contribution is 2.39. The minimum absolute atomic E-state index is 0.0339. The molecule has 0 unspecified atom stereocenters. The monoisotopic (exact) mass is 498 g/mol. The minimum atomic E-state index is -0.441. The lowest BCUT2D eigenvalue weighted by molar-refractivity contribution is -0.121. The molecule has 4 rings (SSSR count). The lowest BCUT2D eigenvalue weighted by Crippen LogP contribution is -2.26. The highest BCUT2D eigenvalue weighted by molar-refractivity contribution is 7.15. The Hall–Kier alpha value is -2.55. The summed E-state index contributed by atoms with van der Waals surface area (Å²) in [4.78, 5) is 19.2. The molecule has 1 aliphatic heterocycles. The number of halogens is 1. The van der Waals surface area contributed by atoms with Gasteiger partial charge in [-0.2, -0.15) is 0 Å². The molecule has 0 spiro atoms. The zero-order chi connectivity index (χ0) is 24.2. The summed E-state index contributed by atoms with van der Waals surface area (Å²) in [5.74, 6) is 1.45. The Morgan fingerprint density at radius 2 is 1.85 bits per heavy atom. The van der Waals surface area contributed by atoms with Crippen LogP contribution in [0, 0.1) is 20.8 Å². The van der Waals surface area contributed by atoms with Crippen molar-refractivity contribution in [1.82, 2.24) is 20.1 Å². The third-order valence-corrected chi connectivity index (χ3v) is 7.63. The first kappa shape index (κ1) is 24.6. The predicted molar refractivity (Wildman–Crippen MR) is 138 cm³/mol. The van der Waals surface area contributed by atoms with E-state index < -0.39 is 6.04 Å². The minimum Gasteiger partial charge on any atom is -0.356 e. The Bertz CT molecular complexity index is 1200. The van der Waals surface area contributed by atoms with Gasteiger partial charge in [-0.05, 0) is 57.9 Å². The number of hydrogen-bond acceptors (Lipinski definition) is 6. The van der Waals surface area contributed by atoms with Crippen LogP contribution in [-0.2, 0) is 4.79 Å². The maximum absolute atomic E-state index is 12.9. The smallest absolute Gasteiger partial charge is 0.222 e. The first-order valence-electron chi connectivity index (χ1n) is 11.7. The molecular formula is C25H31ClN6OS. The summed E-state index contributed by atoms with van der Waals surface area (Å²) in [5.41, 5.74) is 9.62. The van der Waals surface area contributed by atoms with Crippen molar-refractivity contribution in [3.8, 4) is 5.00 Å². The standard InChI is InChI=1S/C25H31ClN6OS/c1-15-16(2)34-25-22(15)23(18-8-10-19(26)11-9-18)29-20(24-31-30-17(3)32(24)25)14-21(33)28-13-7-5-4-6-12-27/h8-11,20H,4-7,12-14,27H2,1-3H3,(H,28,33)/t20-/m0/s1. The maximum Gasteiger partial charge on any atom is 0.222 e. The molecule has 3 aromatic rings. The number of nitrogens with one attached hydrogen (secondary N) is 1. The average molecular weight is 499 g/mol. The lowest BCUT2D eigenvalue weighted by Gasteiger charge is -2.13. The SMILES string of the molecule is Cc1sc2c(c1C)C(c1ccc(Cl)cc1)=N[C@@H](CC(=O)NCCCCCCN)c1nnc(C)n1-2. The summed E-state index contributed by atoms with van der Waals surface area (Å²) in [5, 5.41) is 13.6. The van der Waals surface area contributed by atoms with Crippen molar-refractivity contribution in [3.63, 3.8) is 0 Å². The Kier molecular flexibility index (Phi) is 7.80. The van der Waals surface area contributed by atoms with Gasteiger partial charge in [-0.25, -0.2) is 0 Å². The van der Waals surface area contributed by atoms with Crippen molar-refractivity contribution in [2.24, 2.45) is 10.7 Å². The summed E-state index contributed by atoms with van der Waals surface area (Å²) in [7, 11) is 0. The fourth-order valence-electron chi connectivity index (χ4n) is 4.23. The van der Waals surface area contributed by atoms with E-state index in [-0.39, 0.29) is 12.3 Å². The average Bonchev–Trinajstić information content (AvgIpc) is 3.29. The largest absolute Gasteiger partial charge is 0.356 e. The Labute approximate surface area is 209 Å². The van der Waals surface area contributed by atoms with E-state index in [9.17, 15) is 4.79 Å². The zero-order valence-electron chi connectivity index (χ0n) is 19.9. The molecule has 180 valence electrons. The van der Waals surface area contributed by atoms with Gasteiger partial charge in [0.2, 0.25) is 5.91 Å². The molecule has 0 saturated carbocycles. The van der Waals surface area contributed by atoms with Gasteiger partial charge in [0.05, 0.1) is 12.1 Å². The fourth-order valence-corrected chi connectivity index (χ4v) is 5.57. The van der Waals surface area contributed by atoms with Gasteiger partial charge in [0.25, 0.3) is 0 Å². The molecular weight excluding hydrogens is 468 g/mol. The molecule has 0 bridgehead atoms.